The summed E-state index contributed by atoms with van der Waals surface area (Å²) in [7, 11) is -4.14. The Labute approximate surface area is 128 Å². The van der Waals surface area contributed by atoms with Crippen molar-refractivity contribution >= 4 is 15.8 Å². The number of nitrogens with zero attached hydrogens (tertiary/aromatic N) is 1. The van der Waals surface area contributed by atoms with E-state index in [2.05, 4.69) is 0 Å². The van der Waals surface area contributed by atoms with Crippen molar-refractivity contribution in [3.05, 3.63) is 63.2 Å². The maximum absolute atomic E-state index is 12.4. The monoisotopic (exact) mass is 321 g/mol. The minimum atomic E-state index is -4.14. The lowest BCUT2D eigenvalue weighted by molar-refractivity contribution is -0.385. The molecule has 0 aromatic heterocycles. The third-order valence-corrected chi connectivity index (χ3v) is 4.86. The minimum absolute atomic E-state index is 0.0535. The Hall–Kier alpha value is -2.41. The summed E-state index contributed by atoms with van der Waals surface area (Å²) < 4.78 is 30.0. The predicted molar refractivity (Wildman–Crippen MR) is 81.6 cm³/mol. The third kappa shape index (κ3) is 2.94. The van der Waals surface area contributed by atoms with Crippen LogP contribution in [0.4, 0.5) is 5.69 Å². The predicted octanol–water partition coefficient (Wildman–Crippen LogP) is 3.29. The molecule has 0 fully saturated rings. The molecule has 0 bridgehead atoms. The van der Waals surface area contributed by atoms with Crippen LogP contribution >= 0.6 is 0 Å². The molecular weight excluding hydrogens is 306 g/mol. The summed E-state index contributed by atoms with van der Waals surface area (Å²) in [5, 5.41) is 10.9. The summed E-state index contributed by atoms with van der Waals surface area (Å²) in [6.45, 7) is 4.98. The standard InChI is InChI=1S/C15H15NO5S/c1-10-6-4-8-14(11(10)2)21-22(19,20)15-9-5-7-13(12(15)3)16(17)18/h4-9H,1-3H3. The zero-order valence-corrected chi connectivity index (χ0v) is 13.2. The second kappa shape index (κ2) is 5.76. The molecule has 0 spiro atoms. The highest BCUT2D eigenvalue weighted by molar-refractivity contribution is 7.87. The van der Waals surface area contributed by atoms with Gasteiger partial charge in [0.1, 0.15) is 10.6 Å². The van der Waals surface area contributed by atoms with E-state index in [9.17, 15) is 18.5 Å². The van der Waals surface area contributed by atoms with Crippen LogP contribution in [0.3, 0.4) is 0 Å². The van der Waals surface area contributed by atoms with Crippen LogP contribution in [0.15, 0.2) is 41.3 Å². The molecule has 0 aliphatic heterocycles. The molecule has 6 nitrogen and oxygen atoms in total. The zero-order chi connectivity index (χ0) is 16.5. The Morgan fingerprint density at radius 3 is 2.27 bits per heavy atom. The number of hydrogen-bond acceptors (Lipinski definition) is 5. The van der Waals surface area contributed by atoms with Crippen molar-refractivity contribution in [1.82, 2.24) is 0 Å². The van der Waals surface area contributed by atoms with Crippen molar-refractivity contribution in [3.8, 4) is 5.75 Å². The van der Waals surface area contributed by atoms with Crippen molar-refractivity contribution in [2.75, 3.05) is 0 Å². The maximum atomic E-state index is 12.4. The number of aryl methyl sites for hydroxylation is 1. The zero-order valence-electron chi connectivity index (χ0n) is 12.4. The second-order valence-corrected chi connectivity index (χ2v) is 6.41. The molecule has 22 heavy (non-hydrogen) atoms. The van der Waals surface area contributed by atoms with Crippen LogP contribution in [0.1, 0.15) is 16.7 Å². The van der Waals surface area contributed by atoms with Crippen molar-refractivity contribution in [2.45, 2.75) is 25.7 Å². The smallest absolute Gasteiger partial charge is 0.339 e. The highest BCUT2D eigenvalue weighted by atomic mass is 32.2. The molecule has 0 amide bonds. The number of rotatable bonds is 4. The quantitative estimate of drug-likeness (QED) is 0.490. The number of nitro groups is 1. The number of hydrogen-bond donors (Lipinski definition) is 0. The van der Waals surface area contributed by atoms with Gasteiger partial charge in [-0.1, -0.05) is 18.2 Å². The molecular formula is C15H15NO5S. The summed E-state index contributed by atoms with van der Waals surface area (Å²) in [6.07, 6.45) is 0. The van der Waals surface area contributed by atoms with Crippen LogP contribution in [0, 0.1) is 30.9 Å². The van der Waals surface area contributed by atoms with Gasteiger partial charge in [-0.05, 0) is 44.0 Å². The van der Waals surface area contributed by atoms with E-state index in [-0.39, 0.29) is 21.9 Å². The van der Waals surface area contributed by atoms with E-state index in [1.807, 2.05) is 13.0 Å². The third-order valence-electron chi connectivity index (χ3n) is 3.48. The van der Waals surface area contributed by atoms with Crippen molar-refractivity contribution in [3.63, 3.8) is 0 Å². The molecule has 0 saturated heterocycles. The summed E-state index contributed by atoms with van der Waals surface area (Å²) in [5.41, 5.74) is 1.39. The van der Waals surface area contributed by atoms with Crippen LogP contribution in [0.2, 0.25) is 0 Å². The first kappa shape index (κ1) is 16.0. The molecule has 0 heterocycles. The van der Waals surface area contributed by atoms with Gasteiger partial charge < -0.3 is 4.18 Å². The molecule has 0 aliphatic carbocycles. The van der Waals surface area contributed by atoms with Crippen molar-refractivity contribution < 1.29 is 17.5 Å². The Morgan fingerprint density at radius 2 is 1.64 bits per heavy atom. The molecule has 7 heteroatoms. The van der Waals surface area contributed by atoms with E-state index in [1.54, 1.807) is 19.1 Å². The van der Waals surface area contributed by atoms with E-state index in [4.69, 9.17) is 4.18 Å². The summed E-state index contributed by atoms with van der Waals surface area (Å²) >= 11 is 0. The Morgan fingerprint density at radius 1 is 1.00 bits per heavy atom. The first-order valence-corrected chi connectivity index (χ1v) is 7.89. The first-order valence-electron chi connectivity index (χ1n) is 6.49. The first-order chi connectivity index (χ1) is 10.2. The van der Waals surface area contributed by atoms with Gasteiger partial charge in [-0.15, -0.1) is 0 Å². The van der Waals surface area contributed by atoms with Gasteiger partial charge in [-0.3, -0.25) is 10.1 Å². The van der Waals surface area contributed by atoms with Gasteiger partial charge in [-0.2, -0.15) is 8.42 Å². The van der Waals surface area contributed by atoms with Crippen molar-refractivity contribution in [1.29, 1.82) is 0 Å². The van der Waals surface area contributed by atoms with Gasteiger partial charge in [0, 0.05) is 11.6 Å². The Balaban J connectivity index is 2.50. The second-order valence-electron chi connectivity index (χ2n) is 4.89. The maximum Gasteiger partial charge on any atom is 0.339 e. The van der Waals surface area contributed by atoms with E-state index in [0.29, 0.717) is 5.56 Å². The van der Waals surface area contributed by atoms with Crippen LogP contribution < -0.4 is 4.18 Å². The van der Waals surface area contributed by atoms with Gasteiger partial charge in [0.2, 0.25) is 0 Å². The molecule has 0 unspecified atom stereocenters. The molecule has 2 rings (SSSR count). The van der Waals surface area contributed by atoms with Crippen LogP contribution in [-0.2, 0) is 10.1 Å². The Kier molecular flexibility index (Phi) is 4.18. The largest absolute Gasteiger partial charge is 0.379 e. The number of nitro benzene ring substituents is 1. The molecule has 2 aromatic carbocycles. The minimum Gasteiger partial charge on any atom is -0.379 e. The highest BCUT2D eigenvalue weighted by Crippen LogP contribution is 2.29. The van der Waals surface area contributed by atoms with E-state index < -0.39 is 15.0 Å². The Bertz CT molecular complexity index is 843. The molecule has 0 atom stereocenters. The fourth-order valence-corrected chi connectivity index (χ4v) is 3.28. The lowest BCUT2D eigenvalue weighted by atomic mass is 10.1. The van der Waals surface area contributed by atoms with Crippen LogP contribution in [0.5, 0.6) is 5.75 Å². The molecule has 116 valence electrons. The summed E-state index contributed by atoms with van der Waals surface area (Å²) in [5.74, 6) is 0.214. The average molecular weight is 321 g/mol. The van der Waals surface area contributed by atoms with Gasteiger partial charge in [-0.25, -0.2) is 0 Å². The van der Waals surface area contributed by atoms with E-state index >= 15 is 0 Å². The van der Waals surface area contributed by atoms with Crippen LogP contribution in [-0.4, -0.2) is 13.3 Å². The van der Waals surface area contributed by atoms with E-state index in [1.165, 1.54) is 25.1 Å². The molecule has 0 radical (unpaired) electrons. The average Bonchev–Trinajstić information content (AvgIpc) is 2.43. The summed E-state index contributed by atoms with van der Waals surface area (Å²) in [6, 6.07) is 8.95. The topological polar surface area (TPSA) is 86.5 Å². The van der Waals surface area contributed by atoms with Gasteiger partial charge in [0.15, 0.2) is 0 Å². The van der Waals surface area contributed by atoms with Gasteiger partial charge in [0.25, 0.3) is 5.69 Å². The molecule has 0 saturated carbocycles. The fraction of sp³-hybridized carbons (Fsp3) is 0.200. The molecule has 0 N–H and O–H groups in total. The lowest BCUT2D eigenvalue weighted by Gasteiger charge is -2.12. The SMILES string of the molecule is Cc1cccc(OS(=O)(=O)c2cccc([N+](=O)[O-])c2C)c1C. The number of benzene rings is 2. The molecule has 2 aromatic rings. The highest BCUT2D eigenvalue weighted by Gasteiger charge is 2.25. The normalized spacial score (nSPS) is 11.2. The van der Waals surface area contributed by atoms with Crippen LogP contribution in [0.25, 0.3) is 0 Å². The fourth-order valence-electron chi connectivity index (χ4n) is 2.05. The summed E-state index contributed by atoms with van der Waals surface area (Å²) in [4.78, 5) is 10.1. The van der Waals surface area contributed by atoms with Gasteiger partial charge in [0.05, 0.1) is 4.92 Å². The van der Waals surface area contributed by atoms with Crippen molar-refractivity contribution in [2.24, 2.45) is 0 Å². The molecule has 0 aliphatic rings. The lowest BCUT2D eigenvalue weighted by Crippen LogP contribution is -2.13. The van der Waals surface area contributed by atoms with E-state index in [0.717, 1.165) is 5.56 Å². The van der Waals surface area contributed by atoms with Gasteiger partial charge >= 0.3 is 10.1 Å².